The maximum Gasteiger partial charge on any atom is 0.327 e. The van der Waals surface area contributed by atoms with Crippen molar-refractivity contribution in [1.82, 2.24) is 5.32 Å². The van der Waals surface area contributed by atoms with E-state index in [9.17, 15) is 9.90 Å². The van der Waals surface area contributed by atoms with Crippen LogP contribution in [0.15, 0.2) is 24.3 Å². The highest BCUT2D eigenvalue weighted by atomic mass is 16.5. The Balaban J connectivity index is 2.78. The van der Waals surface area contributed by atoms with Crippen molar-refractivity contribution >= 4 is 5.97 Å². The molecule has 0 radical (unpaired) electrons. The van der Waals surface area contributed by atoms with Gasteiger partial charge in [-0.15, -0.1) is 0 Å². The van der Waals surface area contributed by atoms with E-state index >= 15 is 0 Å². The largest absolute Gasteiger partial charge is 0.490 e. The molecular formula is C16H25NO4. The zero-order valence-electron chi connectivity index (χ0n) is 13.2. The first-order chi connectivity index (χ1) is 9.89. The third-order valence-electron chi connectivity index (χ3n) is 2.91. The molecule has 0 bridgehead atoms. The van der Waals surface area contributed by atoms with Gasteiger partial charge in [0.15, 0.2) is 11.5 Å². The molecule has 0 saturated heterocycles. The van der Waals surface area contributed by atoms with Crippen LogP contribution in [-0.2, 0) is 4.79 Å². The topological polar surface area (TPSA) is 67.8 Å². The average molecular weight is 295 g/mol. The number of carboxylic acids is 1. The van der Waals surface area contributed by atoms with Gasteiger partial charge >= 0.3 is 5.97 Å². The summed E-state index contributed by atoms with van der Waals surface area (Å²) in [4.78, 5) is 11.5. The molecule has 0 spiro atoms. The summed E-state index contributed by atoms with van der Waals surface area (Å²) in [6.07, 6.45) is 0.899. The number of carbonyl (C=O) groups is 1. The van der Waals surface area contributed by atoms with Crippen LogP contribution in [0.1, 0.15) is 34.1 Å². The SMILES string of the molecule is CCCOc1ccccc1OCC(C)(NC(C)C)C(=O)O. The van der Waals surface area contributed by atoms with E-state index in [0.29, 0.717) is 18.1 Å². The van der Waals surface area contributed by atoms with Gasteiger partial charge < -0.3 is 14.6 Å². The molecule has 1 unspecified atom stereocenters. The summed E-state index contributed by atoms with van der Waals surface area (Å²) in [5.41, 5.74) is -1.15. The molecule has 118 valence electrons. The van der Waals surface area contributed by atoms with Crippen molar-refractivity contribution in [3.63, 3.8) is 0 Å². The lowest BCUT2D eigenvalue weighted by Gasteiger charge is -2.28. The van der Waals surface area contributed by atoms with Gasteiger partial charge in [-0.3, -0.25) is 10.1 Å². The fourth-order valence-corrected chi connectivity index (χ4v) is 1.93. The molecule has 0 heterocycles. The van der Waals surface area contributed by atoms with Crippen molar-refractivity contribution in [3.8, 4) is 11.5 Å². The summed E-state index contributed by atoms with van der Waals surface area (Å²) in [5, 5.41) is 12.4. The van der Waals surface area contributed by atoms with Crippen LogP contribution in [0.5, 0.6) is 11.5 Å². The predicted octanol–water partition coefficient (Wildman–Crippen LogP) is 2.70. The van der Waals surface area contributed by atoms with Crippen LogP contribution < -0.4 is 14.8 Å². The molecule has 1 aromatic carbocycles. The van der Waals surface area contributed by atoms with Crippen LogP contribution in [-0.4, -0.2) is 35.9 Å². The lowest BCUT2D eigenvalue weighted by molar-refractivity contribution is -0.145. The summed E-state index contributed by atoms with van der Waals surface area (Å²) < 4.78 is 11.3. The minimum Gasteiger partial charge on any atom is -0.490 e. The number of para-hydroxylation sites is 2. The lowest BCUT2D eigenvalue weighted by atomic mass is 10.0. The van der Waals surface area contributed by atoms with E-state index in [1.165, 1.54) is 0 Å². The third kappa shape index (κ3) is 5.27. The fraction of sp³-hybridized carbons (Fsp3) is 0.562. The summed E-state index contributed by atoms with van der Waals surface area (Å²) in [6.45, 7) is 8.06. The summed E-state index contributed by atoms with van der Waals surface area (Å²) >= 11 is 0. The molecule has 0 fully saturated rings. The summed E-state index contributed by atoms with van der Waals surface area (Å²) in [5.74, 6) is 0.253. The predicted molar refractivity (Wildman–Crippen MR) is 82.0 cm³/mol. The number of aliphatic carboxylic acids is 1. The number of benzene rings is 1. The van der Waals surface area contributed by atoms with Gasteiger partial charge in [0.25, 0.3) is 0 Å². The first kappa shape index (κ1) is 17.3. The molecule has 0 aliphatic heterocycles. The van der Waals surface area contributed by atoms with Crippen molar-refractivity contribution in [3.05, 3.63) is 24.3 Å². The Labute approximate surface area is 126 Å². The van der Waals surface area contributed by atoms with Crippen LogP contribution in [0.25, 0.3) is 0 Å². The average Bonchev–Trinajstić information content (AvgIpc) is 2.43. The van der Waals surface area contributed by atoms with Gasteiger partial charge in [0, 0.05) is 6.04 Å². The minimum atomic E-state index is -1.15. The molecule has 1 rings (SSSR count). The van der Waals surface area contributed by atoms with Crippen molar-refractivity contribution in [2.24, 2.45) is 0 Å². The Kier molecular flexibility index (Phi) is 6.49. The van der Waals surface area contributed by atoms with Crippen molar-refractivity contribution in [1.29, 1.82) is 0 Å². The number of carboxylic acid groups (broad SMARTS) is 1. The number of ether oxygens (including phenoxy) is 2. The van der Waals surface area contributed by atoms with Gasteiger partial charge in [-0.25, -0.2) is 0 Å². The Hall–Kier alpha value is -1.75. The molecule has 5 heteroatoms. The molecule has 0 aliphatic rings. The molecule has 0 amide bonds. The zero-order valence-corrected chi connectivity index (χ0v) is 13.2. The highest BCUT2D eigenvalue weighted by molar-refractivity contribution is 5.78. The van der Waals surface area contributed by atoms with Crippen LogP contribution in [0.4, 0.5) is 0 Å². The number of rotatable bonds is 9. The van der Waals surface area contributed by atoms with Gasteiger partial charge in [0.1, 0.15) is 12.1 Å². The van der Waals surface area contributed by atoms with E-state index in [-0.39, 0.29) is 12.6 Å². The summed E-state index contributed by atoms with van der Waals surface area (Å²) in [6, 6.07) is 7.34. The van der Waals surface area contributed by atoms with Gasteiger partial charge in [0.05, 0.1) is 6.61 Å². The van der Waals surface area contributed by atoms with E-state index < -0.39 is 11.5 Å². The van der Waals surface area contributed by atoms with E-state index in [4.69, 9.17) is 9.47 Å². The summed E-state index contributed by atoms with van der Waals surface area (Å²) in [7, 11) is 0. The normalized spacial score (nSPS) is 13.8. The van der Waals surface area contributed by atoms with Crippen molar-refractivity contribution in [2.45, 2.75) is 45.7 Å². The lowest BCUT2D eigenvalue weighted by Crippen LogP contribution is -2.56. The smallest absolute Gasteiger partial charge is 0.327 e. The zero-order chi connectivity index (χ0) is 15.9. The second-order valence-corrected chi connectivity index (χ2v) is 5.52. The van der Waals surface area contributed by atoms with Crippen molar-refractivity contribution < 1.29 is 19.4 Å². The monoisotopic (exact) mass is 295 g/mol. The van der Waals surface area contributed by atoms with Crippen molar-refractivity contribution in [2.75, 3.05) is 13.2 Å². The maximum absolute atomic E-state index is 11.5. The number of hydrogen-bond acceptors (Lipinski definition) is 4. The van der Waals surface area contributed by atoms with E-state index in [0.717, 1.165) is 6.42 Å². The third-order valence-corrected chi connectivity index (χ3v) is 2.91. The van der Waals surface area contributed by atoms with Crippen LogP contribution in [0.2, 0.25) is 0 Å². The second-order valence-electron chi connectivity index (χ2n) is 5.52. The number of nitrogens with one attached hydrogen (secondary N) is 1. The first-order valence-electron chi connectivity index (χ1n) is 7.24. The molecule has 0 saturated carbocycles. The van der Waals surface area contributed by atoms with E-state index in [1.807, 2.05) is 39.0 Å². The minimum absolute atomic E-state index is 0.0208. The van der Waals surface area contributed by atoms with Crippen LogP contribution in [0, 0.1) is 0 Å². The molecule has 0 aliphatic carbocycles. The molecule has 0 aromatic heterocycles. The van der Waals surface area contributed by atoms with Gasteiger partial charge in [-0.2, -0.15) is 0 Å². The molecule has 1 atom stereocenters. The van der Waals surface area contributed by atoms with Crippen LogP contribution in [0.3, 0.4) is 0 Å². The molecular weight excluding hydrogens is 270 g/mol. The van der Waals surface area contributed by atoms with E-state index in [2.05, 4.69) is 5.32 Å². The first-order valence-corrected chi connectivity index (χ1v) is 7.24. The standard InChI is InChI=1S/C16H25NO4/c1-5-10-20-13-8-6-7-9-14(13)21-11-16(4,15(18)19)17-12(2)3/h6-9,12,17H,5,10-11H2,1-4H3,(H,18,19). The molecule has 1 aromatic rings. The van der Waals surface area contributed by atoms with Crippen LogP contribution >= 0.6 is 0 Å². The number of hydrogen-bond donors (Lipinski definition) is 2. The molecule has 2 N–H and O–H groups in total. The quantitative estimate of drug-likeness (QED) is 0.733. The maximum atomic E-state index is 11.5. The Morgan fingerprint density at radius 2 is 1.86 bits per heavy atom. The van der Waals surface area contributed by atoms with Gasteiger partial charge in [0.2, 0.25) is 0 Å². The highest BCUT2D eigenvalue weighted by Gasteiger charge is 2.34. The Morgan fingerprint density at radius 1 is 1.29 bits per heavy atom. The second kappa shape index (κ2) is 7.88. The highest BCUT2D eigenvalue weighted by Crippen LogP contribution is 2.27. The molecule has 5 nitrogen and oxygen atoms in total. The van der Waals surface area contributed by atoms with Gasteiger partial charge in [-0.1, -0.05) is 19.1 Å². The Bertz CT molecular complexity index is 461. The fourth-order valence-electron chi connectivity index (χ4n) is 1.93. The van der Waals surface area contributed by atoms with E-state index in [1.54, 1.807) is 13.0 Å². The Morgan fingerprint density at radius 3 is 2.33 bits per heavy atom. The van der Waals surface area contributed by atoms with Gasteiger partial charge in [-0.05, 0) is 39.3 Å². The molecule has 21 heavy (non-hydrogen) atoms.